The Morgan fingerprint density at radius 2 is 1.50 bits per heavy atom. The Morgan fingerprint density at radius 3 is 2.07 bits per heavy atom. The fourth-order valence-corrected chi connectivity index (χ4v) is 4.77. The van der Waals surface area contributed by atoms with Crippen LogP contribution in [-0.4, -0.2) is 42.0 Å². The van der Waals surface area contributed by atoms with Crippen LogP contribution < -0.4 is 20.9 Å². The summed E-state index contributed by atoms with van der Waals surface area (Å²) in [5.74, 6) is -1.18. The Bertz CT molecular complexity index is 690. The molecule has 0 unspecified atom stereocenters. The predicted octanol–water partition coefficient (Wildman–Crippen LogP) is 3.04. The lowest BCUT2D eigenvalue weighted by Crippen LogP contribution is -2.62. The van der Waals surface area contributed by atoms with Gasteiger partial charge in [0.05, 0.1) is 0 Å². The second kappa shape index (κ2) is 8.11. The Morgan fingerprint density at radius 1 is 0.929 bits per heavy atom. The summed E-state index contributed by atoms with van der Waals surface area (Å²) in [6.45, 7) is 10.6. The highest BCUT2D eigenvalue weighted by atomic mass is 16.2. The molecule has 0 saturated carbocycles. The minimum atomic E-state index is -0.611. The first-order valence-electron chi connectivity index (χ1n) is 10.4. The van der Waals surface area contributed by atoms with Crippen molar-refractivity contribution in [1.29, 1.82) is 0 Å². The van der Waals surface area contributed by atoms with Crippen molar-refractivity contribution in [1.82, 2.24) is 10.6 Å². The van der Waals surface area contributed by atoms with E-state index >= 15 is 0 Å². The highest BCUT2D eigenvalue weighted by molar-refractivity contribution is 6.39. The Labute approximate surface area is 168 Å². The van der Waals surface area contributed by atoms with E-state index in [4.69, 9.17) is 0 Å². The van der Waals surface area contributed by atoms with Crippen molar-refractivity contribution >= 4 is 23.2 Å². The molecule has 2 fully saturated rings. The van der Waals surface area contributed by atoms with Gasteiger partial charge in [-0.1, -0.05) is 0 Å². The zero-order valence-corrected chi connectivity index (χ0v) is 17.6. The first kappa shape index (κ1) is 20.6. The van der Waals surface area contributed by atoms with E-state index in [1.807, 2.05) is 24.3 Å². The topological polar surface area (TPSA) is 73.5 Å². The van der Waals surface area contributed by atoms with Gasteiger partial charge in [0.2, 0.25) is 0 Å². The molecule has 28 heavy (non-hydrogen) atoms. The van der Waals surface area contributed by atoms with Crippen LogP contribution >= 0.6 is 0 Å². The molecule has 0 bridgehead atoms. The van der Waals surface area contributed by atoms with Crippen molar-refractivity contribution < 1.29 is 9.59 Å². The maximum Gasteiger partial charge on any atom is 0.313 e. The summed E-state index contributed by atoms with van der Waals surface area (Å²) in [4.78, 5) is 27.1. The summed E-state index contributed by atoms with van der Waals surface area (Å²) in [7, 11) is 0. The molecule has 3 N–H and O–H groups in total. The lowest BCUT2D eigenvalue weighted by molar-refractivity contribution is -0.137. The van der Waals surface area contributed by atoms with Gasteiger partial charge < -0.3 is 20.9 Å². The lowest BCUT2D eigenvalue weighted by atomic mass is 9.79. The molecule has 3 rings (SSSR count). The van der Waals surface area contributed by atoms with E-state index in [-0.39, 0.29) is 17.1 Å². The first-order chi connectivity index (χ1) is 13.1. The van der Waals surface area contributed by atoms with Crippen molar-refractivity contribution in [2.24, 2.45) is 0 Å². The summed E-state index contributed by atoms with van der Waals surface area (Å²) in [6.07, 6.45) is 5.33. The van der Waals surface area contributed by atoms with Crippen LogP contribution in [0.15, 0.2) is 24.3 Å². The number of rotatable bonds is 3. The number of nitrogens with zero attached hydrogens (tertiary/aromatic N) is 1. The average Bonchev–Trinajstić information content (AvgIpc) is 2.60. The van der Waals surface area contributed by atoms with E-state index < -0.39 is 11.8 Å². The number of anilines is 2. The third-order valence-electron chi connectivity index (χ3n) is 5.58. The van der Waals surface area contributed by atoms with Crippen LogP contribution in [0.1, 0.15) is 59.8 Å². The molecule has 0 aliphatic carbocycles. The average molecular weight is 387 g/mol. The van der Waals surface area contributed by atoms with Gasteiger partial charge in [0.25, 0.3) is 0 Å². The summed E-state index contributed by atoms with van der Waals surface area (Å²) in [6, 6.07) is 7.73. The molecule has 0 radical (unpaired) electrons. The van der Waals surface area contributed by atoms with Gasteiger partial charge in [0.1, 0.15) is 0 Å². The monoisotopic (exact) mass is 386 g/mol. The number of amides is 2. The van der Waals surface area contributed by atoms with E-state index in [0.29, 0.717) is 5.69 Å². The zero-order chi connectivity index (χ0) is 20.4. The number of hydrogen-bond donors (Lipinski definition) is 3. The second-order valence-corrected chi connectivity index (χ2v) is 9.52. The van der Waals surface area contributed by atoms with Crippen molar-refractivity contribution in [3.8, 4) is 0 Å². The van der Waals surface area contributed by atoms with Gasteiger partial charge in [0, 0.05) is 41.6 Å². The number of nitrogens with one attached hydrogen (secondary N) is 3. The molecular formula is C22H34N4O2. The first-order valence-corrected chi connectivity index (χ1v) is 10.4. The van der Waals surface area contributed by atoms with E-state index in [9.17, 15) is 9.59 Å². The zero-order valence-electron chi connectivity index (χ0n) is 17.6. The Balaban J connectivity index is 1.54. The van der Waals surface area contributed by atoms with Gasteiger partial charge in [-0.05, 0) is 84.1 Å². The number of carbonyl (C=O) groups excluding carboxylic acids is 2. The van der Waals surface area contributed by atoms with Crippen molar-refractivity contribution in [3.05, 3.63) is 24.3 Å². The minimum Gasteiger partial charge on any atom is -0.372 e. The van der Waals surface area contributed by atoms with Crippen LogP contribution in [0.5, 0.6) is 0 Å². The van der Waals surface area contributed by atoms with Crippen LogP contribution in [-0.2, 0) is 9.59 Å². The molecular weight excluding hydrogens is 352 g/mol. The smallest absolute Gasteiger partial charge is 0.313 e. The van der Waals surface area contributed by atoms with Gasteiger partial charge in [-0.3, -0.25) is 9.59 Å². The van der Waals surface area contributed by atoms with Crippen molar-refractivity contribution in [3.63, 3.8) is 0 Å². The fourth-order valence-electron chi connectivity index (χ4n) is 4.77. The molecule has 1 aromatic carbocycles. The van der Waals surface area contributed by atoms with Crippen LogP contribution in [0.2, 0.25) is 0 Å². The van der Waals surface area contributed by atoms with Crippen molar-refractivity contribution in [2.75, 3.05) is 23.3 Å². The van der Waals surface area contributed by atoms with Gasteiger partial charge in [-0.2, -0.15) is 0 Å². The van der Waals surface area contributed by atoms with Crippen LogP contribution in [0.25, 0.3) is 0 Å². The molecule has 2 aliphatic rings. The normalized spacial score (nSPS) is 21.8. The molecule has 6 heteroatoms. The Hall–Kier alpha value is -2.08. The van der Waals surface area contributed by atoms with Gasteiger partial charge >= 0.3 is 11.8 Å². The third kappa shape index (κ3) is 5.47. The highest BCUT2D eigenvalue weighted by Gasteiger charge is 2.38. The Kier molecular flexibility index (Phi) is 5.98. The molecule has 1 aromatic rings. The summed E-state index contributed by atoms with van der Waals surface area (Å²) < 4.78 is 0. The second-order valence-electron chi connectivity index (χ2n) is 9.52. The molecule has 0 atom stereocenters. The van der Waals surface area contributed by atoms with E-state index in [0.717, 1.165) is 25.9 Å². The van der Waals surface area contributed by atoms with Gasteiger partial charge in [-0.25, -0.2) is 0 Å². The largest absolute Gasteiger partial charge is 0.372 e. The fraction of sp³-hybridized carbons (Fsp3) is 0.636. The summed E-state index contributed by atoms with van der Waals surface area (Å²) in [5.41, 5.74) is 1.65. The summed E-state index contributed by atoms with van der Waals surface area (Å²) in [5, 5.41) is 9.21. The van der Waals surface area contributed by atoms with Crippen LogP contribution in [0, 0.1) is 0 Å². The van der Waals surface area contributed by atoms with E-state index in [2.05, 4.69) is 48.5 Å². The molecule has 6 nitrogen and oxygen atoms in total. The van der Waals surface area contributed by atoms with Crippen molar-refractivity contribution in [2.45, 2.75) is 76.9 Å². The molecule has 0 aromatic heterocycles. The lowest BCUT2D eigenvalue weighted by Gasteiger charge is -2.46. The number of hydrogen-bond acceptors (Lipinski definition) is 4. The number of carbonyl (C=O) groups is 2. The van der Waals surface area contributed by atoms with Gasteiger partial charge in [0.15, 0.2) is 0 Å². The molecule has 0 spiro atoms. The molecule has 2 heterocycles. The molecule has 2 saturated heterocycles. The quantitative estimate of drug-likeness (QED) is 0.698. The highest BCUT2D eigenvalue weighted by Crippen LogP contribution is 2.28. The maximum atomic E-state index is 12.4. The maximum absolute atomic E-state index is 12.4. The number of piperidine rings is 2. The molecule has 2 aliphatic heterocycles. The SMILES string of the molecule is CC1(C)CC(NC(=O)C(=O)Nc2ccc(N3CCCCC3)cc2)CC(C)(C)N1. The van der Waals surface area contributed by atoms with E-state index in [1.54, 1.807) is 0 Å². The summed E-state index contributed by atoms with van der Waals surface area (Å²) >= 11 is 0. The van der Waals surface area contributed by atoms with Crippen LogP contribution in [0.3, 0.4) is 0 Å². The minimum absolute atomic E-state index is 0.0222. The third-order valence-corrected chi connectivity index (χ3v) is 5.58. The standard InChI is InChI=1S/C22H34N4O2/c1-21(2)14-17(15-22(3,4)25-21)24-20(28)19(27)23-16-8-10-18(11-9-16)26-12-6-5-7-13-26/h8-11,17,25H,5-7,12-15H2,1-4H3,(H,23,27)(H,24,28). The molecule has 2 amide bonds. The molecule has 154 valence electrons. The van der Waals surface area contributed by atoms with E-state index in [1.165, 1.54) is 24.9 Å². The van der Waals surface area contributed by atoms with Crippen LogP contribution in [0.4, 0.5) is 11.4 Å². The predicted molar refractivity (Wildman–Crippen MR) is 114 cm³/mol. The van der Waals surface area contributed by atoms with Gasteiger partial charge in [-0.15, -0.1) is 0 Å². The number of benzene rings is 1.